The number of carbonyl (C=O) groups excluding carboxylic acids is 1. The molecule has 0 radical (unpaired) electrons. The minimum Gasteiger partial charge on any atom is -0.489 e. The van der Waals surface area contributed by atoms with E-state index in [2.05, 4.69) is 38.2 Å². The Hall–Kier alpha value is -2.49. The molecule has 1 amide bonds. The molecule has 0 aliphatic carbocycles. The average Bonchev–Trinajstić information content (AvgIpc) is 2.61. The van der Waals surface area contributed by atoms with Crippen LogP contribution in [0.3, 0.4) is 0 Å². The summed E-state index contributed by atoms with van der Waals surface area (Å²) in [6, 6.07) is 12.2. The van der Waals surface area contributed by atoms with E-state index in [4.69, 9.17) is 9.47 Å². The van der Waals surface area contributed by atoms with Crippen molar-refractivity contribution in [3.05, 3.63) is 58.7 Å². The first-order valence-electron chi connectivity index (χ1n) is 8.85. The van der Waals surface area contributed by atoms with Crippen LogP contribution < -0.4 is 10.1 Å². The highest BCUT2D eigenvalue weighted by Gasteiger charge is 2.12. The van der Waals surface area contributed by atoms with Crippen molar-refractivity contribution in [2.24, 2.45) is 0 Å². The molecule has 4 heteroatoms. The predicted molar refractivity (Wildman–Crippen MR) is 101 cm³/mol. The minimum atomic E-state index is -0.437. The Morgan fingerprint density at radius 2 is 1.80 bits per heavy atom. The fourth-order valence-corrected chi connectivity index (χ4v) is 2.75. The molecule has 4 nitrogen and oxygen atoms in total. The Balaban J connectivity index is 2.19. The zero-order chi connectivity index (χ0) is 18.2. The standard InChI is InChI=1S/C21H27NO3/c1-5-16-11-12-19(15(4)13-16)25-14-18-10-8-9-17(6-2)20(18)22-21(23)24-7-3/h8-13H,5-7,14H2,1-4H3,(H,22,23). The van der Waals surface area contributed by atoms with E-state index in [9.17, 15) is 4.79 Å². The fraction of sp³-hybridized carbons (Fsp3) is 0.381. The number of amides is 1. The van der Waals surface area contributed by atoms with Gasteiger partial charge >= 0.3 is 6.09 Å². The van der Waals surface area contributed by atoms with Crippen molar-refractivity contribution in [1.29, 1.82) is 0 Å². The Bertz CT molecular complexity index is 725. The van der Waals surface area contributed by atoms with Crippen LogP contribution in [0.2, 0.25) is 0 Å². The number of anilines is 1. The van der Waals surface area contributed by atoms with E-state index in [1.807, 2.05) is 24.3 Å². The van der Waals surface area contributed by atoms with Gasteiger partial charge in [0.2, 0.25) is 0 Å². The Kier molecular flexibility index (Phi) is 6.87. The van der Waals surface area contributed by atoms with Gasteiger partial charge in [0.15, 0.2) is 0 Å². The van der Waals surface area contributed by atoms with Crippen molar-refractivity contribution in [3.8, 4) is 5.75 Å². The van der Waals surface area contributed by atoms with Crippen molar-refractivity contribution in [2.45, 2.75) is 47.1 Å². The number of nitrogens with one attached hydrogen (secondary N) is 1. The van der Waals surface area contributed by atoms with Crippen molar-refractivity contribution < 1.29 is 14.3 Å². The zero-order valence-corrected chi connectivity index (χ0v) is 15.5. The highest BCUT2D eigenvalue weighted by atomic mass is 16.5. The molecule has 0 aliphatic heterocycles. The van der Waals surface area contributed by atoms with E-state index < -0.39 is 6.09 Å². The van der Waals surface area contributed by atoms with E-state index in [1.165, 1.54) is 5.56 Å². The van der Waals surface area contributed by atoms with Gasteiger partial charge in [0.25, 0.3) is 0 Å². The lowest BCUT2D eigenvalue weighted by Crippen LogP contribution is -2.16. The molecular formula is C21H27NO3. The maximum atomic E-state index is 11.9. The molecule has 1 N–H and O–H groups in total. The summed E-state index contributed by atoms with van der Waals surface area (Å²) in [4.78, 5) is 11.9. The Morgan fingerprint density at radius 3 is 2.44 bits per heavy atom. The second kappa shape index (κ2) is 9.11. The summed E-state index contributed by atoms with van der Waals surface area (Å²) in [6.07, 6.45) is 1.39. The van der Waals surface area contributed by atoms with Gasteiger partial charge < -0.3 is 9.47 Å². The number of aryl methyl sites for hydroxylation is 3. The van der Waals surface area contributed by atoms with Crippen LogP contribution in [0.15, 0.2) is 36.4 Å². The molecule has 0 saturated heterocycles. The summed E-state index contributed by atoms with van der Waals surface area (Å²) in [5.41, 5.74) is 5.19. The van der Waals surface area contributed by atoms with E-state index in [0.29, 0.717) is 13.2 Å². The molecule has 0 heterocycles. The van der Waals surface area contributed by atoms with Crippen LogP contribution in [-0.2, 0) is 24.2 Å². The quantitative estimate of drug-likeness (QED) is 0.746. The van der Waals surface area contributed by atoms with Gasteiger partial charge in [-0.3, -0.25) is 5.32 Å². The molecule has 0 fully saturated rings. The highest BCUT2D eigenvalue weighted by molar-refractivity contribution is 5.87. The monoisotopic (exact) mass is 341 g/mol. The molecule has 0 aliphatic rings. The van der Waals surface area contributed by atoms with Crippen LogP contribution >= 0.6 is 0 Å². The van der Waals surface area contributed by atoms with Crippen LogP contribution in [-0.4, -0.2) is 12.7 Å². The smallest absolute Gasteiger partial charge is 0.411 e. The lowest BCUT2D eigenvalue weighted by atomic mass is 10.1. The van der Waals surface area contributed by atoms with Gasteiger partial charge in [-0.15, -0.1) is 0 Å². The average molecular weight is 341 g/mol. The van der Waals surface area contributed by atoms with E-state index >= 15 is 0 Å². The van der Waals surface area contributed by atoms with Crippen molar-refractivity contribution in [1.82, 2.24) is 0 Å². The first-order valence-corrected chi connectivity index (χ1v) is 8.85. The molecule has 2 rings (SSSR count). The third-order valence-corrected chi connectivity index (χ3v) is 4.15. The summed E-state index contributed by atoms with van der Waals surface area (Å²) >= 11 is 0. The molecule has 2 aromatic rings. The maximum Gasteiger partial charge on any atom is 0.411 e. The third kappa shape index (κ3) is 4.99. The van der Waals surface area contributed by atoms with E-state index in [-0.39, 0.29) is 0 Å². The summed E-state index contributed by atoms with van der Waals surface area (Å²) in [5.74, 6) is 0.862. The number of carbonyl (C=O) groups is 1. The minimum absolute atomic E-state index is 0.342. The molecular weight excluding hydrogens is 314 g/mol. The molecule has 0 aromatic heterocycles. The van der Waals surface area contributed by atoms with E-state index in [0.717, 1.165) is 41.0 Å². The van der Waals surface area contributed by atoms with Gasteiger partial charge in [0.1, 0.15) is 12.4 Å². The number of hydrogen-bond donors (Lipinski definition) is 1. The van der Waals surface area contributed by atoms with Crippen LogP contribution in [0.1, 0.15) is 43.0 Å². The molecule has 0 bridgehead atoms. The SMILES string of the molecule is CCOC(=O)Nc1c(CC)cccc1COc1ccc(CC)cc1C. The molecule has 25 heavy (non-hydrogen) atoms. The second-order valence-electron chi connectivity index (χ2n) is 5.89. The fourth-order valence-electron chi connectivity index (χ4n) is 2.75. The maximum absolute atomic E-state index is 11.9. The van der Waals surface area contributed by atoms with Gasteiger partial charge in [0, 0.05) is 5.56 Å². The molecule has 0 saturated carbocycles. The number of para-hydroxylation sites is 1. The first kappa shape index (κ1) is 18.8. The molecule has 0 spiro atoms. The Labute approximate surface area is 150 Å². The van der Waals surface area contributed by atoms with Gasteiger partial charge in [0.05, 0.1) is 12.3 Å². The molecule has 0 atom stereocenters. The lowest BCUT2D eigenvalue weighted by molar-refractivity contribution is 0.168. The second-order valence-corrected chi connectivity index (χ2v) is 5.89. The van der Waals surface area contributed by atoms with Gasteiger partial charge in [-0.25, -0.2) is 4.79 Å². The van der Waals surface area contributed by atoms with E-state index in [1.54, 1.807) is 6.92 Å². The van der Waals surface area contributed by atoms with Crippen LogP contribution in [0.25, 0.3) is 0 Å². The number of benzene rings is 2. The number of ether oxygens (including phenoxy) is 2. The topological polar surface area (TPSA) is 47.6 Å². The highest BCUT2D eigenvalue weighted by Crippen LogP contribution is 2.26. The predicted octanol–water partition coefficient (Wildman–Crippen LogP) is 5.27. The summed E-state index contributed by atoms with van der Waals surface area (Å²) < 4.78 is 11.0. The van der Waals surface area contributed by atoms with Crippen LogP contribution in [0.4, 0.5) is 10.5 Å². The van der Waals surface area contributed by atoms with Crippen molar-refractivity contribution >= 4 is 11.8 Å². The molecule has 134 valence electrons. The molecule has 2 aromatic carbocycles. The van der Waals surface area contributed by atoms with Gasteiger partial charge in [-0.2, -0.15) is 0 Å². The number of rotatable bonds is 7. The summed E-state index contributed by atoms with van der Waals surface area (Å²) in [5, 5.41) is 2.86. The van der Waals surface area contributed by atoms with Crippen molar-refractivity contribution in [2.75, 3.05) is 11.9 Å². The third-order valence-electron chi connectivity index (χ3n) is 4.15. The van der Waals surface area contributed by atoms with Crippen LogP contribution in [0.5, 0.6) is 5.75 Å². The molecule has 0 unspecified atom stereocenters. The summed E-state index contributed by atoms with van der Waals surface area (Å²) in [7, 11) is 0. The van der Waals surface area contributed by atoms with Gasteiger partial charge in [-0.1, -0.05) is 44.2 Å². The Morgan fingerprint density at radius 1 is 1.04 bits per heavy atom. The number of hydrogen-bond acceptors (Lipinski definition) is 3. The van der Waals surface area contributed by atoms with Crippen molar-refractivity contribution in [3.63, 3.8) is 0 Å². The normalized spacial score (nSPS) is 10.4. The summed E-state index contributed by atoms with van der Waals surface area (Å²) in [6.45, 7) is 8.77. The van der Waals surface area contributed by atoms with Crippen LogP contribution in [0, 0.1) is 6.92 Å². The van der Waals surface area contributed by atoms with Gasteiger partial charge in [-0.05, 0) is 49.4 Å². The lowest BCUT2D eigenvalue weighted by Gasteiger charge is -2.16. The zero-order valence-electron chi connectivity index (χ0n) is 15.5. The largest absolute Gasteiger partial charge is 0.489 e. The first-order chi connectivity index (χ1) is 12.1.